The van der Waals surface area contributed by atoms with E-state index in [1.807, 2.05) is 24.0 Å². The first-order valence-corrected chi connectivity index (χ1v) is 9.22. The molecule has 0 radical (unpaired) electrons. The second-order valence-electron chi connectivity index (χ2n) is 7.12. The van der Waals surface area contributed by atoms with Gasteiger partial charge in [0.15, 0.2) is 0 Å². The molecule has 2 aliphatic heterocycles. The van der Waals surface area contributed by atoms with Gasteiger partial charge in [-0.05, 0) is 19.5 Å². The van der Waals surface area contributed by atoms with Crippen molar-refractivity contribution in [3.05, 3.63) is 45.5 Å². The van der Waals surface area contributed by atoms with Crippen molar-refractivity contribution < 1.29 is 14.3 Å². The van der Waals surface area contributed by atoms with Gasteiger partial charge in [0.05, 0.1) is 16.6 Å². The van der Waals surface area contributed by atoms with Crippen molar-refractivity contribution in [1.29, 1.82) is 0 Å². The Hall–Kier alpha value is -2.67. The third-order valence-electron chi connectivity index (χ3n) is 5.62. The van der Waals surface area contributed by atoms with Gasteiger partial charge in [0, 0.05) is 44.0 Å². The predicted octanol–water partition coefficient (Wildman–Crippen LogP) is 2.57. The average Bonchev–Trinajstić information content (AvgIpc) is 2.66. The van der Waals surface area contributed by atoms with E-state index in [-0.39, 0.29) is 17.0 Å². The lowest BCUT2D eigenvalue weighted by molar-refractivity contribution is 0.0694. The molecule has 27 heavy (non-hydrogen) atoms. The van der Waals surface area contributed by atoms with Gasteiger partial charge in [-0.25, -0.2) is 9.18 Å². The summed E-state index contributed by atoms with van der Waals surface area (Å²) in [5, 5.41) is 9.48. The number of likely N-dealkylation sites (N-methyl/N-ethyl adjacent to an activating group) is 1. The maximum Gasteiger partial charge on any atom is 0.341 e. The van der Waals surface area contributed by atoms with Crippen LogP contribution in [-0.2, 0) is 0 Å². The molecule has 1 atom stereocenters. The molecule has 0 amide bonds. The SMILES string of the molecule is CCN1CCN(c2c(F)cc3c(=O)c(C(=O)O)cn4c3c2C=CC4C)CC1. The molecule has 0 spiro atoms. The number of nitrogens with zero attached hydrogens (tertiary/aromatic N) is 3. The molecule has 6 nitrogen and oxygen atoms in total. The topological polar surface area (TPSA) is 65.8 Å². The molecule has 3 heterocycles. The van der Waals surface area contributed by atoms with Gasteiger partial charge in [-0.1, -0.05) is 19.1 Å². The molecule has 7 heteroatoms. The molecule has 1 aromatic carbocycles. The second-order valence-corrected chi connectivity index (χ2v) is 7.12. The van der Waals surface area contributed by atoms with Crippen molar-refractivity contribution >= 4 is 28.6 Å². The first-order valence-electron chi connectivity index (χ1n) is 9.22. The van der Waals surface area contributed by atoms with Gasteiger partial charge >= 0.3 is 5.97 Å². The Morgan fingerprint density at radius 1 is 1.30 bits per heavy atom. The van der Waals surface area contributed by atoms with Crippen LogP contribution in [0.4, 0.5) is 10.1 Å². The first-order chi connectivity index (χ1) is 12.9. The number of allylic oxidation sites excluding steroid dienone is 1. The highest BCUT2D eigenvalue weighted by Crippen LogP contribution is 2.37. The van der Waals surface area contributed by atoms with Crippen molar-refractivity contribution in [2.75, 3.05) is 37.6 Å². The number of hydrogen-bond acceptors (Lipinski definition) is 4. The summed E-state index contributed by atoms with van der Waals surface area (Å²) in [7, 11) is 0. The molecule has 2 aromatic rings. The number of carboxylic acids is 1. The molecule has 1 unspecified atom stereocenters. The van der Waals surface area contributed by atoms with Gasteiger partial charge in [0.25, 0.3) is 0 Å². The minimum absolute atomic E-state index is 0.117. The monoisotopic (exact) mass is 371 g/mol. The number of rotatable bonds is 3. The van der Waals surface area contributed by atoms with Crippen LogP contribution in [0.15, 0.2) is 23.1 Å². The minimum atomic E-state index is -1.30. The summed E-state index contributed by atoms with van der Waals surface area (Å²) in [5.74, 6) is -1.78. The summed E-state index contributed by atoms with van der Waals surface area (Å²) in [5.41, 5.74) is 0.784. The summed E-state index contributed by atoms with van der Waals surface area (Å²) in [6.07, 6.45) is 5.14. The lowest BCUT2D eigenvalue weighted by atomic mass is 9.98. The number of carbonyl (C=O) groups is 1. The van der Waals surface area contributed by atoms with Gasteiger partial charge in [-0.15, -0.1) is 0 Å². The molecule has 0 saturated carbocycles. The van der Waals surface area contributed by atoms with E-state index in [2.05, 4.69) is 11.8 Å². The Morgan fingerprint density at radius 3 is 2.63 bits per heavy atom. The quantitative estimate of drug-likeness (QED) is 0.898. The van der Waals surface area contributed by atoms with Crippen molar-refractivity contribution in [3.63, 3.8) is 0 Å². The molecule has 0 aliphatic carbocycles. The number of aromatic nitrogens is 1. The van der Waals surface area contributed by atoms with E-state index >= 15 is 4.39 Å². The van der Waals surface area contributed by atoms with E-state index < -0.39 is 17.2 Å². The summed E-state index contributed by atoms with van der Waals surface area (Å²) in [6, 6.07) is 1.09. The number of halogens is 1. The van der Waals surface area contributed by atoms with Crippen LogP contribution in [0.2, 0.25) is 0 Å². The lowest BCUT2D eigenvalue weighted by Crippen LogP contribution is -2.46. The number of hydrogen-bond donors (Lipinski definition) is 1. The maximum atomic E-state index is 15.1. The second kappa shape index (κ2) is 6.49. The van der Waals surface area contributed by atoms with E-state index in [0.717, 1.165) is 19.6 Å². The first kappa shape index (κ1) is 17.7. The van der Waals surface area contributed by atoms with Gasteiger partial charge < -0.3 is 19.5 Å². The predicted molar refractivity (Wildman–Crippen MR) is 103 cm³/mol. The van der Waals surface area contributed by atoms with Crippen LogP contribution in [0, 0.1) is 5.82 Å². The summed E-state index contributed by atoms with van der Waals surface area (Å²) in [6.45, 7) is 8.14. The zero-order valence-corrected chi connectivity index (χ0v) is 15.4. The fourth-order valence-electron chi connectivity index (χ4n) is 4.08. The van der Waals surface area contributed by atoms with E-state index in [0.29, 0.717) is 29.9 Å². The molecule has 1 saturated heterocycles. The highest BCUT2D eigenvalue weighted by Gasteiger charge is 2.27. The van der Waals surface area contributed by atoms with Crippen molar-refractivity contribution in [3.8, 4) is 0 Å². The zero-order valence-electron chi connectivity index (χ0n) is 15.4. The number of aromatic carboxylic acids is 1. The van der Waals surface area contributed by atoms with Crippen LogP contribution in [0.5, 0.6) is 0 Å². The number of benzene rings is 1. The molecule has 1 fully saturated rings. The molecule has 1 N–H and O–H groups in total. The normalized spacial score (nSPS) is 19.7. The Morgan fingerprint density at radius 2 is 2.00 bits per heavy atom. The van der Waals surface area contributed by atoms with Crippen LogP contribution in [0.25, 0.3) is 17.0 Å². The van der Waals surface area contributed by atoms with Crippen LogP contribution < -0.4 is 10.3 Å². The van der Waals surface area contributed by atoms with Gasteiger partial charge in [0.1, 0.15) is 11.4 Å². The van der Waals surface area contributed by atoms with Crippen LogP contribution in [0.3, 0.4) is 0 Å². The van der Waals surface area contributed by atoms with E-state index in [1.54, 1.807) is 4.57 Å². The molecule has 0 bridgehead atoms. The zero-order chi connectivity index (χ0) is 19.3. The summed E-state index contributed by atoms with van der Waals surface area (Å²) in [4.78, 5) is 28.4. The van der Waals surface area contributed by atoms with Crippen LogP contribution in [-0.4, -0.2) is 53.3 Å². The van der Waals surface area contributed by atoms with Gasteiger partial charge in [-0.3, -0.25) is 4.79 Å². The van der Waals surface area contributed by atoms with Crippen molar-refractivity contribution in [1.82, 2.24) is 9.47 Å². The van der Waals surface area contributed by atoms with Crippen LogP contribution in [0.1, 0.15) is 35.8 Å². The Balaban J connectivity index is 1.95. The van der Waals surface area contributed by atoms with E-state index in [9.17, 15) is 14.7 Å². The average molecular weight is 371 g/mol. The number of piperazine rings is 1. The standard InChI is InChI=1S/C20H22FN3O3/c1-3-22-6-8-23(9-7-22)18-13-5-4-12(2)24-11-15(20(26)27)19(25)14(17(13)24)10-16(18)21/h4-5,10-12H,3,6-9H2,1-2H3,(H,26,27). The maximum absolute atomic E-state index is 15.1. The summed E-state index contributed by atoms with van der Waals surface area (Å²) < 4.78 is 16.9. The Kier molecular flexibility index (Phi) is 4.26. The molecule has 142 valence electrons. The van der Waals surface area contributed by atoms with Crippen molar-refractivity contribution in [2.45, 2.75) is 19.9 Å². The molecule has 1 aromatic heterocycles. The number of pyridine rings is 1. The van der Waals surface area contributed by atoms with E-state index in [1.165, 1.54) is 12.3 Å². The summed E-state index contributed by atoms with van der Waals surface area (Å²) >= 11 is 0. The third kappa shape index (κ3) is 2.73. The van der Waals surface area contributed by atoms with Crippen molar-refractivity contribution in [2.24, 2.45) is 0 Å². The molecular weight excluding hydrogens is 349 g/mol. The number of carboxylic acid groups (broad SMARTS) is 1. The minimum Gasteiger partial charge on any atom is -0.477 e. The van der Waals surface area contributed by atoms with Gasteiger partial charge in [0.2, 0.25) is 5.43 Å². The molecular formula is C20H22FN3O3. The Bertz CT molecular complexity index is 1020. The smallest absolute Gasteiger partial charge is 0.341 e. The Labute approximate surface area is 156 Å². The highest BCUT2D eigenvalue weighted by molar-refractivity contribution is 5.99. The lowest BCUT2D eigenvalue weighted by Gasteiger charge is -2.37. The largest absolute Gasteiger partial charge is 0.477 e. The molecule has 4 rings (SSSR count). The third-order valence-corrected chi connectivity index (χ3v) is 5.62. The number of anilines is 1. The van der Waals surface area contributed by atoms with E-state index in [4.69, 9.17) is 0 Å². The van der Waals surface area contributed by atoms with Gasteiger partial charge in [-0.2, -0.15) is 0 Å². The highest BCUT2D eigenvalue weighted by atomic mass is 19.1. The fraction of sp³-hybridized carbons (Fsp3) is 0.400. The fourth-order valence-corrected chi connectivity index (χ4v) is 4.08. The van der Waals surface area contributed by atoms with Crippen LogP contribution >= 0.6 is 0 Å². The molecule has 2 aliphatic rings.